The van der Waals surface area contributed by atoms with Gasteiger partial charge in [0.1, 0.15) is 12.0 Å². The molecule has 3 N–H and O–H groups in total. The highest BCUT2D eigenvalue weighted by Gasteiger charge is 2.23. The van der Waals surface area contributed by atoms with Crippen LogP contribution in [-0.2, 0) is 6.54 Å². The predicted molar refractivity (Wildman–Crippen MR) is 145 cm³/mol. The van der Waals surface area contributed by atoms with E-state index in [0.717, 1.165) is 61.2 Å². The van der Waals surface area contributed by atoms with Gasteiger partial charge in [-0.25, -0.2) is 9.97 Å². The highest BCUT2D eigenvalue weighted by atomic mass is 16.7. The Morgan fingerprint density at radius 3 is 2.19 bits per heavy atom. The molecule has 1 aromatic heterocycles. The third-order valence-electron chi connectivity index (χ3n) is 6.92. The van der Waals surface area contributed by atoms with Crippen LogP contribution in [-0.4, -0.2) is 47.8 Å². The van der Waals surface area contributed by atoms with Crippen LogP contribution in [0.4, 0.5) is 17.3 Å². The Kier molecular flexibility index (Phi) is 6.47. The lowest BCUT2D eigenvalue weighted by Crippen LogP contribution is -2.46. The summed E-state index contributed by atoms with van der Waals surface area (Å²) in [6.45, 7) is 4.67. The number of nitrogens with zero attached hydrogens (tertiary/aromatic N) is 4. The number of nitrogens with two attached hydrogens (primary N) is 1. The molecule has 2 aliphatic rings. The fraction of sp³-hybridized carbons (Fsp3) is 0.241. The van der Waals surface area contributed by atoms with Crippen LogP contribution in [0.1, 0.15) is 22.7 Å². The molecule has 3 heterocycles. The first-order valence-electron chi connectivity index (χ1n) is 12.6. The van der Waals surface area contributed by atoms with Gasteiger partial charge in [-0.3, -0.25) is 4.90 Å². The number of rotatable bonds is 7. The Morgan fingerprint density at radius 2 is 1.49 bits per heavy atom. The maximum atomic E-state index is 6.66. The number of anilines is 3. The largest absolute Gasteiger partial charge is 0.454 e. The van der Waals surface area contributed by atoms with Crippen LogP contribution in [0.2, 0.25) is 0 Å². The van der Waals surface area contributed by atoms with E-state index in [2.05, 4.69) is 61.5 Å². The topological polar surface area (TPSA) is 88.8 Å². The van der Waals surface area contributed by atoms with Crippen molar-refractivity contribution in [2.75, 3.05) is 48.9 Å². The minimum atomic E-state index is -0.0778. The molecule has 6 rings (SSSR count). The molecule has 0 atom stereocenters. The zero-order valence-corrected chi connectivity index (χ0v) is 20.6. The number of benzene rings is 3. The smallest absolute Gasteiger partial charge is 0.231 e. The van der Waals surface area contributed by atoms with Gasteiger partial charge in [-0.15, -0.1) is 0 Å². The van der Waals surface area contributed by atoms with E-state index in [4.69, 9.17) is 15.2 Å². The van der Waals surface area contributed by atoms with Crippen LogP contribution in [0.5, 0.6) is 11.5 Å². The summed E-state index contributed by atoms with van der Waals surface area (Å²) in [5, 5.41) is 3.59. The Hall–Kier alpha value is -4.30. The van der Waals surface area contributed by atoms with Crippen molar-refractivity contribution >= 4 is 17.3 Å². The number of piperazine rings is 1. The third-order valence-corrected chi connectivity index (χ3v) is 6.92. The van der Waals surface area contributed by atoms with Crippen LogP contribution in [0.3, 0.4) is 0 Å². The molecule has 188 valence electrons. The van der Waals surface area contributed by atoms with E-state index < -0.39 is 0 Å². The molecular formula is C29H30N6O2. The zero-order valence-electron chi connectivity index (χ0n) is 20.6. The second-order valence-corrected chi connectivity index (χ2v) is 9.31. The molecule has 0 radical (unpaired) electrons. The molecule has 8 heteroatoms. The number of nitrogen functional groups attached to an aromatic ring is 1. The summed E-state index contributed by atoms with van der Waals surface area (Å²) in [5.41, 5.74) is 10.7. The summed E-state index contributed by atoms with van der Waals surface area (Å²) in [7, 11) is 0. The first-order chi connectivity index (χ1) is 18.2. The Labute approximate surface area is 216 Å². The zero-order chi connectivity index (χ0) is 25.0. The van der Waals surface area contributed by atoms with E-state index >= 15 is 0 Å². The van der Waals surface area contributed by atoms with Crippen molar-refractivity contribution in [1.82, 2.24) is 14.9 Å². The molecule has 8 nitrogen and oxygen atoms in total. The van der Waals surface area contributed by atoms with Crippen molar-refractivity contribution in [1.29, 1.82) is 0 Å². The van der Waals surface area contributed by atoms with Crippen LogP contribution >= 0.6 is 0 Å². The second-order valence-electron chi connectivity index (χ2n) is 9.31. The molecule has 2 aliphatic heterocycles. The van der Waals surface area contributed by atoms with E-state index in [9.17, 15) is 0 Å². The first-order valence-corrected chi connectivity index (χ1v) is 12.6. The summed E-state index contributed by atoms with van der Waals surface area (Å²) in [6, 6.07) is 26.8. The van der Waals surface area contributed by atoms with Crippen molar-refractivity contribution < 1.29 is 9.47 Å². The van der Waals surface area contributed by atoms with E-state index in [-0.39, 0.29) is 6.04 Å². The quantitative estimate of drug-likeness (QED) is 0.393. The molecule has 0 aliphatic carbocycles. The lowest BCUT2D eigenvalue weighted by molar-refractivity contribution is 0.174. The van der Waals surface area contributed by atoms with E-state index in [1.165, 1.54) is 5.56 Å². The molecule has 37 heavy (non-hydrogen) atoms. The van der Waals surface area contributed by atoms with Gasteiger partial charge >= 0.3 is 0 Å². The average Bonchev–Trinajstić information content (AvgIpc) is 3.42. The highest BCUT2D eigenvalue weighted by molar-refractivity contribution is 5.75. The third kappa shape index (κ3) is 5.01. The summed E-state index contributed by atoms with van der Waals surface area (Å²) in [4.78, 5) is 13.8. The van der Waals surface area contributed by atoms with Crippen LogP contribution < -0.4 is 25.4 Å². The van der Waals surface area contributed by atoms with Crippen molar-refractivity contribution in [3.05, 3.63) is 102 Å². The summed E-state index contributed by atoms with van der Waals surface area (Å²) < 4.78 is 11.0. The Balaban J connectivity index is 1.15. The van der Waals surface area contributed by atoms with Gasteiger partial charge in [-0.2, -0.15) is 0 Å². The van der Waals surface area contributed by atoms with E-state index in [1.54, 1.807) is 6.33 Å². The lowest BCUT2D eigenvalue weighted by atomic mass is 9.99. The molecule has 1 fully saturated rings. The standard InChI is InChI=1S/C29H30N6O2/c30-26-28(33-27(22-7-3-1-4-8-22)23-9-5-2-6-10-23)31-19-32-29(26)35-15-13-34(14-16-35)18-21-11-12-24-25(17-21)37-20-36-24/h1-12,17,19,27H,13-16,18,20,30H2,(H,31,32,33). The number of hydrogen-bond acceptors (Lipinski definition) is 8. The number of nitrogens with one attached hydrogen (secondary N) is 1. The maximum absolute atomic E-state index is 6.66. The molecule has 1 saturated heterocycles. The monoisotopic (exact) mass is 494 g/mol. The second kappa shape index (κ2) is 10.4. The van der Waals surface area contributed by atoms with E-state index in [1.807, 2.05) is 42.5 Å². The molecule has 0 unspecified atom stereocenters. The van der Waals surface area contributed by atoms with Crippen molar-refractivity contribution in [3.8, 4) is 11.5 Å². The fourth-order valence-corrected chi connectivity index (χ4v) is 4.96. The van der Waals surface area contributed by atoms with Gasteiger partial charge < -0.3 is 25.4 Å². The molecule has 4 aromatic rings. The molecule has 0 spiro atoms. The number of fused-ring (bicyclic) bond motifs is 1. The van der Waals surface area contributed by atoms with Crippen LogP contribution in [0.25, 0.3) is 0 Å². The highest BCUT2D eigenvalue weighted by Crippen LogP contribution is 2.34. The normalized spacial score (nSPS) is 15.2. The Morgan fingerprint density at radius 1 is 0.811 bits per heavy atom. The SMILES string of the molecule is Nc1c(NC(c2ccccc2)c2ccccc2)ncnc1N1CCN(Cc2ccc3c(c2)OCO3)CC1. The van der Waals surface area contributed by atoms with Crippen molar-refractivity contribution in [3.63, 3.8) is 0 Å². The van der Waals surface area contributed by atoms with Gasteiger partial charge in [0, 0.05) is 32.7 Å². The van der Waals surface area contributed by atoms with Gasteiger partial charge in [0.2, 0.25) is 6.79 Å². The molecule has 3 aromatic carbocycles. The predicted octanol–water partition coefficient (Wildman–Crippen LogP) is 4.31. The number of aromatic nitrogens is 2. The molecule has 0 saturated carbocycles. The van der Waals surface area contributed by atoms with Gasteiger partial charge in [0.05, 0.1) is 6.04 Å². The summed E-state index contributed by atoms with van der Waals surface area (Å²) in [5.74, 6) is 3.07. The minimum absolute atomic E-state index is 0.0778. The number of hydrogen-bond donors (Lipinski definition) is 2. The fourth-order valence-electron chi connectivity index (χ4n) is 4.96. The van der Waals surface area contributed by atoms with Crippen molar-refractivity contribution in [2.24, 2.45) is 0 Å². The molecule has 0 bridgehead atoms. The lowest BCUT2D eigenvalue weighted by Gasteiger charge is -2.36. The first kappa shape index (κ1) is 23.1. The maximum Gasteiger partial charge on any atom is 0.231 e. The summed E-state index contributed by atoms with van der Waals surface area (Å²) >= 11 is 0. The molecule has 0 amide bonds. The average molecular weight is 495 g/mol. The van der Waals surface area contributed by atoms with Crippen molar-refractivity contribution in [2.45, 2.75) is 12.6 Å². The van der Waals surface area contributed by atoms with Gasteiger partial charge in [0.15, 0.2) is 23.1 Å². The van der Waals surface area contributed by atoms with Gasteiger partial charge in [-0.05, 0) is 28.8 Å². The van der Waals surface area contributed by atoms with Crippen LogP contribution in [0, 0.1) is 0 Å². The summed E-state index contributed by atoms with van der Waals surface area (Å²) in [6.07, 6.45) is 1.60. The Bertz CT molecular complexity index is 1300. The molecular weight excluding hydrogens is 464 g/mol. The van der Waals surface area contributed by atoms with Crippen LogP contribution in [0.15, 0.2) is 85.2 Å². The minimum Gasteiger partial charge on any atom is -0.454 e. The van der Waals surface area contributed by atoms with E-state index in [0.29, 0.717) is 18.3 Å². The number of ether oxygens (including phenoxy) is 2. The van der Waals surface area contributed by atoms with Gasteiger partial charge in [0.25, 0.3) is 0 Å². The van der Waals surface area contributed by atoms with Gasteiger partial charge in [-0.1, -0.05) is 66.7 Å².